The number of hydrogen-bond acceptors (Lipinski definition) is 5. The van der Waals surface area contributed by atoms with Crippen molar-refractivity contribution in [1.82, 2.24) is 5.32 Å². The number of hydrogen-bond donors (Lipinski definition) is 3. The van der Waals surface area contributed by atoms with Gasteiger partial charge in [0.25, 0.3) is 0 Å². The molecule has 0 aliphatic rings. The van der Waals surface area contributed by atoms with Gasteiger partial charge in [-0.3, -0.25) is 0 Å². The molecule has 0 bridgehead atoms. The van der Waals surface area contributed by atoms with Crippen molar-refractivity contribution in [2.45, 2.75) is 46.3 Å². The van der Waals surface area contributed by atoms with Gasteiger partial charge in [-0.2, -0.15) is 0 Å². The van der Waals surface area contributed by atoms with Gasteiger partial charge in [-0.25, -0.2) is 9.59 Å². The molecule has 1 amide bonds. The lowest BCUT2D eigenvalue weighted by molar-refractivity contribution is -0.141. The van der Waals surface area contributed by atoms with Gasteiger partial charge < -0.3 is 25.0 Å². The van der Waals surface area contributed by atoms with Gasteiger partial charge >= 0.3 is 12.1 Å². The Morgan fingerprint density at radius 2 is 1.75 bits per heavy atom. The van der Waals surface area contributed by atoms with E-state index in [1.807, 2.05) is 0 Å². The standard InChI is InChI=1S/C13H25NO6/c1-12(2,3)20-11(18)14-9(10(16)17)6-19-8-13(4,5)7-15/h9,15H,6-8H2,1-5H3,(H,14,18)(H,16,17)/t9-/m0/s1. The third-order valence-corrected chi connectivity index (χ3v) is 2.19. The Bertz CT molecular complexity index is 334. The minimum Gasteiger partial charge on any atom is -0.480 e. The van der Waals surface area contributed by atoms with Crippen LogP contribution < -0.4 is 5.32 Å². The summed E-state index contributed by atoms with van der Waals surface area (Å²) < 4.78 is 10.2. The van der Waals surface area contributed by atoms with Crippen molar-refractivity contribution in [2.24, 2.45) is 5.41 Å². The molecule has 7 heteroatoms. The van der Waals surface area contributed by atoms with E-state index in [1.54, 1.807) is 34.6 Å². The number of rotatable bonds is 7. The number of carboxylic acids is 1. The first-order valence-electron chi connectivity index (χ1n) is 6.38. The molecule has 20 heavy (non-hydrogen) atoms. The minimum atomic E-state index is -1.21. The van der Waals surface area contributed by atoms with E-state index in [-0.39, 0.29) is 19.8 Å². The molecule has 0 heterocycles. The summed E-state index contributed by atoms with van der Waals surface area (Å²) in [5.74, 6) is -1.21. The molecule has 3 N–H and O–H groups in total. The van der Waals surface area contributed by atoms with Gasteiger partial charge in [-0.1, -0.05) is 13.8 Å². The fraction of sp³-hybridized carbons (Fsp3) is 0.846. The molecule has 0 radical (unpaired) electrons. The normalized spacial score (nSPS) is 13.7. The molecule has 118 valence electrons. The Morgan fingerprint density at radius 1 is 1.20 bits per heavy atom. The number of aliphatic hydroxyl groups excluding tert-OH is 1. The molecule has 0 saturated heterocycles. The lowest BCUT2D eigenvalue weighted by Gasteiger charge is -2.24. The van der Waals surface area contributed by atoms with Crippen LogP contribution in [0.3, 0.4) is 0 Å². The monoisotopic (exact) mass is 291 g/mol. The second-order valence-electron chi connectivity index (χ2n) is 6.37. The molecule has 7 nitrogen and oxygen atoms in total. The van der Waals surface area contributed by atoms with E-state index in [9.17, 15) is 9.59 Å². The largest absolute Gasteiger partial charge is 0.480 e. The number of carbonyl (C=O) groups is 2. The number of ether oxygens (including phenoxy) is 2. The zero-order chi connectivity index (χ0) is 16.0. The van der Waals surface area contributed by atoms with Crippen molar-refractivity contribution < 1.29 is 29.3 Å². The number of nitrogens with one attached hydrogen (secondary N) is 1. The van der Waals surface area contributed by atoms with Gasteiger partial charge in [0.1, 0.15) is 5.60 Å². The summed E-state index contributed by atoms with van der Waals surface area (Å²) in [6.07, 6.45) is -0.810. The molecule has 0 spiro atoms. The van der Waals surface area contributed by atoms with E-state index in [2.05, 4.69) is 5.32 Å². The first-order valence-corrected chi connectivity index (χ1v) is 6.38. The maximum atomic E-state index is 11.5. The highest BCUT2D eigenvalue weighted by Crippen LogP contribution is 2.13. The number of carbonyl (C=O) groups excluding carboxylic acids is 1. The Balaban J connectivity index is 4.32. The summed E-state index contributed by atoms with van der Waals surface area (Å²) in [5.41, 5.74) is -1.16. The van der Waals surface area contributed by atoms with Crippen LogP contribution in [0.5, 0.6) is 0 Å². The quantitative estimate of drug-likeness (QED) is 0.646. The first-order chi connectivity index (χ1) is 8.97. The van der Waals surface area contributed by atoms with Crippen molar-refractivity contribution in [3.63, 3.8) is 0 Å². The number of alkyl carbamates (subject to hydrolysis) is 1. The van der Waals surface area contributed by atoms with E-state index in [1.165, 1.54) is 0 Å². The second kappa shape index (κ2) is 7.44. The van der Waals surface area contributed by atoms with Crippen molar-refractivity contribution >= 4 is 12.1 Å². The van der Waals surface area contributed by atoms with E-state index in [0.717, 1.165) is 0 Å². The molecule has 0 aliphatic heterocycles. The number of amides is 1. The molecule has 0 aromatic carbocycles. The van der Waals surface area contributed by atoms with Crippen molar-refractivity contribution in [3.05, 3.63) is 0 Å². The van der Waals surface area contributed by atoms with Crippen molar-refractivity contribution in [2.75, 3.05) is 19.8 Å². The number of aliphatic hydroxyl groups is 1. The lowest BCUT2D eigenvalue weighted by Crippen LogP contribution is -2.46. The summed E-state index contributed by atoms with van der Waals surface area (Å²) in [7, 11) is 0. The van der Waals surface area contributed by atoms with E-state index < -0.39 is 29.1 Å². The van der Waals surface area contributed by atoms with Crippen LogP contribution in [-0.2, 0) is 14.3 Å². The zero-order valence-electron chi connectivity index (χ0n) is 12.7. The van der Waals surface area contributed by atoms with Crippen molar-refractivity contribution in [1.29, 1.82) is 0 Å². The summed E-state index contributed by atoms with van der Waals surface area (Å²) in [5, 5.41) is 20.3. The number of aliphatic carboxylic acids is 1. The maximum Gasteiger partial charge on any atom is 0.408 e. The Kier molecular flexibility index (Phi) is 6.95. The van der Waals surface area contributed by atoms with Crippen LogP contribution in [0.25, 0.3) is 0 Å². The fourth-order valence-corrected chi connectivity index (χ4v) is 1.12. The Hall–Kier alpha value is -1.34. The van der Waals surface area contributed by atoms with Crippen LogP contribution >= 0.6 is 0 Å². The zero-order valence-corrected chi connectivity index (χ0v) is 12.7. The van der Waals surface area contributed by atoms with Crippen LogP contribution in [0.4, 0.5) is 4.79 Å². The van der Waals surface area contributed by atoms with Gasteiger partial charge in [-0.05, 0) is 20.8 Å². The molecule has 0 saturated carbocycles. The first kappa shape index (κ1) is 18.7. The highest BCUT2D eigenvalue weighted by molar-refractivity contribution is 5.80. The van der Waals surface area contributed by atoms with Crippen LogP contribution in [-0.4, -0.2) is 53.7 Å². The predicted octanol–water partition coefficient (Wildman–Crippen LogP) is 0.999. The molecule has 1 atom stereocenters. The summed E-state index contributed by atoms with van der Waals surface area (Å²) in [4.78, 5) is 22.5. The fourth-order valence-electron chi connectivity index (χ4n) is 1.12. The predicted molar refractivity (Wildman–Crippen MR) is 72.5 cm³/mol. The van der Waals surface area contributed by atoms with Gasteiger partial charge in [0.15, 0.2) is 6.04 Å². The highest BCUT2D eigenvalue weighted by Gasteiger charge is 2.25. The van der Waals surface area contributed by atoms with E-state index >= 15 is 0 Å². The summed E-state index contributed by atoms with van der Waals surface area (Å²) >= 11 is 0. The van der Waals surface area contributed by atoms with Gasteiger partial charge in [0, 0.05) is 5.41 Å². The lowest BCUT2D eigenvalue weighted by atomic mass is 9.97. The third-order valence-electron chi connectivity index (χ3n) is 2.19. The van der Waals surface area contributed by atoms with Crippen molar-refractivity contribution in [3.8, 4) is 0 Å². The Morgan fingerprint density at radius 3 is 2.15 bits per heavy atom. The SMILES string of the molecule is CC(C)(CO)COC[C@H](NC(=O)OC(C)(C)C)C(=O)O. The molecular weight excluding hydrogens is 266 g/mol. The van der Waals surface area contributed by atoms with E-state index in [4.69, 9.17) is 19.7 Å². The smallest absolute Gasteiger partial charge is 0.408 e. The minimum absolute atomic E-state index is 0.0791. The topological polar surface area (TPSA) is 105 Å². The second-order valence-corrected chi connectivity index (χ2v) is 6.37. The molecule has 0 rings (SSSR count). The average molecular weight is 291 g/mol. The summed E-state index contributed by atoms with van der Waals surface area (Å²) in [6, 6.07) is -1.20. The van der Waals surface area contributed by atoms with Gasteiger partial charge in [0.05, 0.1) is 19.8 Å². The number of carboxylic acid groups (broad SMARTS) is 1. The molecule has 0 unspecified atom stereocenters. The van der Waals surface area contributed by atoms with Crippen LogP contribution in [0.2, 0.25) is 0 Å². The molecule has 0 aromatic rings. The van der Waals surface area contributed by atoms with Gasteiger partial charge in [-0.15, -0.1) is 0 Å². The van der Waals surface area contributed by atoms with E-state index in [0.29, 0.717) is 0 Å². The molecular formula is C13H25NO6. The van der Waals surface area contributed by atoms with Crippen LogP contribution in [0.15, 0.2) is 0 Å². The average Bonchev–Trinajstić information content (AvgIpc) is 2.24. The van der Waals surface area contributed by atoms with Crippen LogP contribution in [0.1, 0.15) is 34.6 Å². The highest BCUT2D eigenvalue weighted by atomic mass is 16.6. The molecule has 0 aromatic heterocycles. The summed E-state index contributed by atoms with van der Waals surface area (Å²) in [6.45, 7) is 8.52. The maximum absolute atomic E-state index is 11.5. The Labute approximate surface area is 119 Å². The van der Waals surface area contributed by atoms with Crippen LogP contribution in [0, 0.1) is 5.41 Å². The molecule has 0 fully saturated rings. The third kappa shape index (κ3) is 8.71. The molecule has 0 aliphatic carbocycles. The van der Waals surface area contributed by atoms with Gasteiger partial charge in [0.2, 0.25) is 0 Å².